The number of hydrogen-bond acceptors (Lipinski definition) is 3. The van der Waals surface area contributed by atoms with Gasteiger partial charge in [0.2, 0.25) is 11.8 Å². The van der Waals surface area contributed by atoms with Crippen LogP contribution < -0.4 is 4.90 Å². The highest BCUT2D eigenvalue weighted by Crippen LogP contribution is 2.36. The fraction of sp³-hybridized carbons (Fsp3) is 0.400. The molecule has 2 saturated heterocycles. The highest BCUT2D eigenvalue weighted by atomic mass is 79.9. The summed E-state index contributed by atoms with van der Waals surface area (Å²) in [6.07, 6.45) is 4.92. The second kappa shape index (κ2) is 9.06. The highest BCUT2D eigenvalue weighted by molar-refractivity contribution is 9.10. The molecule has 2 amide bonds. The lowest BCUT2D eigenvalue weighted by atomic mass is 10.1. The van der Waals surface area contributed by atoms with Gasteiger partial charge in [-0.25, -0.2) is 4.98 Å². The van der Waals surface area contributed by atoms with Crippen molar-refractivity contribution >= 4 is 44.5 Å². The molecule has 0 aliphatic carbocycles. The van der Waals surface area contributed by atoms with Gasteiger partial charge in [-0.15, -0.1) is 0 Å². The predicted octanol–water partition coefficient (Wildman–Crippen LogP) is 4.72. The molecule has 32 heavy (non-hydrogen) atoms. The number of imidazole rings is 1. The van der Waals surface area contributed by atoms with Crippen molar-refractivity contribution in [1.29, 1.82) is 0 Å². The molecule has 3 aromatic rings. The molecule has 2 aliphatic rings. The number of halogens is 1. The molecule has 7 heteroatoms. The van der Waals surface area contributed by atoms with E-state index < -0.39 is 0 Å². The minimum absolute atomic E-state index is 0.0565. The Kier molecular flexibility index (Phi) is 6.00. The van der Waals surface area contributed by atoms with Gasteiger partial charge in [0.15, 0.2) is 0 Å². The van der Waals surface area contributed by atoms with E-state index in [4.69, 9.17) is 4.98 Å². The largest absolute Gasteiger partial charge is 0.341 e. The Morgan fingerprint density at radius 1 is 1.00 bits per heavy atom. The lowest BCUT2D eigenvalue weighted by Gasteiger charge is -2.22. The number of para-hydroxylation sites is 3. The molecule has 2 aromatic carbocycles. The first-order valence-corrected chi connectivity index (χ1v) is 12.2. The summed E-state index contributed by atoms with van der Waals surface area (Å²) in [5.41, 5.74) is 2.71. The quantitative estimate of drug-likeness (QED) is 0.526. The lowest BCUT2D eigenvalue weighted by Crippen LogP contribution is -2.35. The fourth-order valence-corrected chi connectivity index (χ4v) is 5.41. The van der Waals surface area contributed by atoms with E-state index >= 15 is 0 Å². The summed E-state index contributed by atoms with van der Waals surface area (Å²) in [6.45, 7) is 2.50. The van der Waals surface area contributed by atoms with Crippen LogP contribution in [-0.2, 0) is 16.1 Å². The predicted molar refractivity (Wildman–Crippen MR) is 129 cm³/mol. The van der Waals surface area contributed by atoms with Crippen LogP contribution in [0, 0.1) is 0 Å². The summed E-state index contributed by atoms with van der Waals surface area (Å²) >= 11 is 3.57. The molecule has 0 radical (unpaired) electrons. The zero-order chi connectivity index (χ0) is 22.1. The number of benzene rings is 2. The van der Waals surface area contributed by atoms with Crippen molar-refractivity contribution < 1.29 is 9.59 Å². The van der Waals surface area contributed by atoms with Gasteiger partial charge in [-0.05, 0) is 53.0 Å². The van der Waals surface area contributed by atoms with Crippen LogP contribution in [0.25, 0.3) is 11.0 Å². The van der Waals surface area contributed by atoms with Crippen LogP contribution in [0.4, 0.5) is 5.69 Å². The average molecular weight is 495 g/mol. The first-order valence-electron chi connectivity index (χ1n) is 11.4. The Bertz CT molecular complexity index is 1150. The van der Waals surface area contributed by atoms with Crippen LogP contribution in [0.3, 0.4) is 0 Å². The maximum atomic E-state index is 13.2. The number of aromatic nitrogens is 2. The molecule has 1 unspecified atom stereocenters. The minimum Gasteiger partial charge on any atom is -0.341 e. The monoisotopic (exact) mass is 494 g/mol. The van der Waals surface area contributed by atoms with E-state index in [1.165, 1.54) is 12.8 Å². The number of carbonyl (C=O) groups excluding carboxylic acids is 2. The van der Waals surface area contributed by atoms with Gasteiger partial charge in [-0.1, -0.05) is 37.1 Å². The van der Waals surface area contributed by atoms with Crippen LogP contribution in [0.2, 0.25) is 0 Å². The maximum Gasteiger partial charge on any atom is 0.242 e. The maximum absolute atomic E-state index is 13.2. The van der Waals surface area contributed by atoms with Crippen molar-refractivity contribution in [3.63, 3.8) is 0 Å². The number of hydrogen-bond donors (Lipinski definition) is 0. The van der Waals surface area contributed by atoms with E-state index in [0.29, 0.717) is 13.0 Å². The summed E-state index contributed by atoms with van der Waals surface area (Å²) in [6, 6.07) is 15.7. The second-order valence-electron chi connectivity index (χ2n) is 8.70. The molecule has 0 spiro atoms. The van der Waals surface area contributed by atoms with Crippen molar-refractivity contribution in [3.05, 3.63) is 58.8 Å². The van der Waals surface area contributed by atoms with E-state index in [9.17, 15) is 9.59 Å². The van der Waals surface area contributed by atoms with Crippen LogP contribution in [-0.4, -0.2) is 45.9 Å². The van der Waals surface area contributed by atoms with Gasteiger partial charge >= 0.3 is 0 Å². The molecule has 1 atom stereocenters. The lowest BCUT2D eigenvalue weighted by molar-refractivity contribution is -0.131. The molecular weight excluding hydrogens is 468 g/mol. The molecule has 0 bridgehead atoms. The molecule has 2 aliphatic heterocycles. The molecule has 5 rings (SSSR count). The van der Waals surface area contributed by atoms with Crippen molar-refractivity contribution in [2.24, 2.45) is 0 Å². The first-order chi connectivity index (χ1) is 15.6. The summed E-state index contributed by atoms with van der Waals surface area (Å²) in [7, 11) is 0. The van der Waals surface area contributed by atoms with Crippen LogP contribution in [0.5, 0.6) is 0 Å². The van der Waals surface area contributed by atoms with Gasteiger partial charge in [-0.3, -0.25) is 9.59 Å². The van der Waals surface area contributed by atoms with Crippen molar-refractivity contribution in [3.8, 4) is 0 Å². The Morgan fingerprint density at radius 3 is 2.50 bits per heavy atom. The Morgan fingerprint density at radius 2 is 1.72 bits per heavy atom. The third kappa shape index (κ3) is 4.06. The fourth-order valence-electron chi connectivity index (χ4n) is 4.91. The van der Waals surface area contributed by atoms with Gasteiger partial charge in [0.25, 0.3) is 0 Å². The normalized spacial score (nSPS) is 19.5. The van der Waals surface area contributed by atoms with Gasteiger partial charge in [0.05, 0.1) is 16.7 Å². The molecule has 6 nitrogen and oxygen atoms in total. The number of likely N-dealkylation sites (tertiary alicyclic amines) is 1. The van der Waals surface area contributed by atoms with E-state index in [0.717, 1.165) is 52.9 Å². The molecule has 1 aromatic heterocycles. The Labute approximate surface area is 196 Å². The molecule has 166 valence electrons. The van der Waals surface area contributed by atoms with Crippen molar-refractivity contribution in [2.45, 2.75) is 44.6 Å². The Hall–Kier alpha value is -2.67. The summed E-state index contributed by atoms with van der Waals surface area (Å²) in [4.78, 5) is 34.9. The van der Waals surface area contributed by atoms with Gasteiger partial charge in [0.1, 0.15) is 12.4 Å². The smallest absolute Gasteiger partial charge is 0.242 e. The minimum atomic E-state index is -0.0565. The number of fused-ring (bicyclic) bond motifs is 1. The van der Waals surface area contributed by atoms with Crippen molar-refractivity contribution in [2.75, 3.05) is 24.5 Å². The third-order valence-corrected chi connectivity index (χ3v) is 7.24. The van der Waals surface area contributed by atoms with Gasteiger partial charge in [0, 0.05) is 36.4 Å². The molecular formula is C25H27BrN4O2. The summed E-state index contributed by atoms with van der Waals surface area (Å²) in [5.74, 6) is 0.999. The van der Waals surface area contributed by atoms with E-state index in [-0.39, 0.29) is 24.3 Å². The third-order valence-electron chi connectivity index (χ3n) is 6.57. The van der Waals surface area contributed by atoms with Crippen LogP contribution >= 0.6 is 15.9 Å². The first kappa shape index (κ1) is 21.2. The van der Waals surface area contributed by atoms with Crippen LogP contribution in [0.1, 0.15) is 43.8 Å². The van der Waals surface area contributed by atoms with Gasteiger partial charge < -0.3 is 14.4 Å². The molecule has 0 saturated carbocycles. The van der Waals surface area contributed by atoms with Crippen LogP contribution in [0.15, 0.2) is 53.0 Å². The number of anilines is 1. The zero-order valence-electron chi connectivity index (χ0n) is 18.0. The molecule has 0 N–H and O–H groups in total. The van der Waals surface area contributed by atoms with E-state index in [1.807, 2.05) is 62.9 Å². The standard InChI is InChI=1S/C25H27BrN4O2/c26-19-9-3-5-11-21(19)29-16-18(15-23(29)31)25-27-20-10-4-6-12-22(20)30(25)17-24(32)28-13-7-1-2-8-14-28/h3-6,9-12,18H,1-2,7-8,13-17H2. The number of rotatable bonds is 4. The average Bonchev–Trinajstić information content (AvgIpc) is 3.22. The van der Waals surface area contributed by atoms with Gasteiger partial charge in [-0.2, -0.15) is 0 Å². The highest BCUT2D eigenvalue weighted by Gasteiger charge is 2.36. The molecule has 3 heterocycles. The second-order valence-corrected chi connectivity index (χ2v) is 9.55. The number of carbonyl (C=O) groups is 2. The van der Waals surface area contributed by atoms with Crippen molar-refractivity contribution in [1.82, 2.24) is 14.5 Å². The molecule has 2 fully saturated rings. The Balaban J connectivity index is 1.46. The van der Waals surface area contributed by atoms with E-state index in [1.54, 1.807) is 0 Å². The topological polar surface area (TPSA) is 58.4 Å². The number of amides is 2. The van der Waals surface area contributed by atoms with E-state index in [2.05, 4.69) is 15.9 Å². The summed E-state index contributed by atoms with van der Waals surface area (Å²) < 4.78 is 2.95. The zero-order valence-corrected chi connectivity index (χ0v) is 19.6. The summed E-state index contributed by atoms with van der Waals surface area (Å²) in [5, 5.41) is 0. The number of nitrogens with zero attached hydrogens (tertiary/aromatic N) is 4. The SMILES string of the molecule is O=C(Cn1c(C2CC(=O)N(c3ccccc3Br)C2)nc2ccccc21)N1CCCCCC1.